The molecule has 3 aromatic rings. The zero-order valence-corrected chi connectivity index (χ0v) is 14.3. The highest BCUT2D eigenvalue weighted by Crippen LogP contribution is 2.32. The van der Waals surface area contributed by atoms with E-state index in [9.17, 15) is 13.2 Å². The van der Waals surface area contributed by atoms with Gasteiger partial charge in [-0.1, -0.05) is 0 Å². The first-order chi connectivity index (χ1) is 12.4. The van der Waals surface area contributed by atoms with Crippen molar-refractivity contribution in [3.8, 4) is 0 Å². The first-order valence-electron chi connectivity index (χ1n) is 8.25. The second-order valence-corrected chi connectivity index (χ2v) is 6.42. The van der Waals surface area contributed by atoms with Gasteiger partial charge in [0.05, 0.1) is 6.04 Å². The maximum absolute atomic E-state index is 13.2. The Kier molecular flexibility index (Phi) is 3.81. The Morgan fingerprint density at radius 2 is 1.81 bits per heavy atom. The molecule has 26 heavy (non-hydrogen) atoms. The number of piperidine rings is 1. The minimum atomic E-state index is -4.61. The van der Waals surface area contributed by atoms with Gasteiger partial charge in [0.2, 0.25) is 0 Å². The lowest BCUT2D eigenvalue weighted by Gasteiger charge is -2.33. The summed E-state index contributed by atoms with van der Waals surface area (Å²) in [6.07, 6.45) is 0.212. The molecule has 8 nitrogen and oxygen atoms in total. The lowest BCUT2D eigenvalue weighted by Crippen LogP contribution is -2.36. The highest BCUT2D eigenvalue weighted by Gasteiger charge is 2.38. The van der Waals surface area contributed by atoms with E-state index in [2.05, 4.69) is 25.4 Å². The Bertz CT molecular complexity index is 923. The van der Waals surface area contributed by atoms with Crippen LogP contribution in [0.2, 0.25) is 0 Å². The van der Waals surface area contributed by atoms with Gasteiger partial charge < -0.3 is 4.90 Å². The van der Waals surface area contributed by atoms with Gasteiger partial charge in [-0.05, 0) is 26.7 Å². The van der Waals surface area contributed by atoms with Crippen LogP contribution in [0.5, 0.6) is 0 Å². The second-order valence-electron chi connectivity index (χ2n) is 6.42. The van der Waals surface area contributed by atoms with Gasteiger partial charge in [-0.3, -0.25) is 0 Å². The number of rotatable bonds is 2. The maximum atomic E-state index is 13.2. The fourth-order valence-electron chi connectivity index (χ4n) is 3.34. The summed E-state index contributed by atoms with van der Waals surface area (Å²) < 4.78 is 42.2. The zero-order chi connectivity index (χ0) is 18.5. The molecule has 4 heterocycles. The van der Waals surface area contributed by atoms with E-state index in [0.29, 0.717) is 24.5 Å². The van der Waals surface area contributed by atoms with Crippen LogP contribution in [0.3, 0.4) is 0 Å². The Morgan fingerprint density at radius 1 is 1.08 bits per heavy atom. The van der Waals surface area contributed by atoms with Crippen LogP contribution in [-0.4, -0.2) is 47.7 Å². The first-order valence-corrected chi connectivity index (χ1v) is 8.25. The topological polar surface area (TPSA) is 77.0 Å². The summed E-state index contributed by atoms with van der Waals surface area (Å²) >= 11 is 0. The highest BCUT2D eigenvalue weighted by atomic mass is 19.4. The Hall–Kier alpha value is -2.72. The minimum Gasteiger partial charge on any atom is -0.355 e. The Balaban J connectivity index is 1.67. The van der Waals surface area contributed by atoms with Crippen LogP contribution in [0.4, 0.5) is 19.0 Å². The third-order valence-corrected chi connectivity index (χ3v) is 4.90. The van der Waals surface area contributed by atoms with Crippen LogP contribution in [0.15, 0.2) is 12.7 Å². The molecule has 1 saturated heterocycles. The summed E-state index contributed by atoms with van der Waals surface area (Å²) in [7, 11) is 0. The molecular weight excluding hydrogens is 349 g/mol. The van der Waals surface area contributed by atoms with E-state index < -0.39 is 12.0 Å². The van der Waals surface area contributed by atoms with Crippen molar-refractivity contribution in [2.24, 2.45) is 0 Å². The third kappa shape index (κ3) is 2.67. The summed E-state index contributed by atoms with van der Waals surface area (Å²) in [6.45, 7) is 4.94. The average Bonchev–Trinajstić information content (AvgIpc) is 3.27. The third-order valence-electron chi connectivity index (χ3n) is 4.90. The largest absolute Gasteiger partial charge is 0.453 e. The minimum absolute atomic E-state index is 0.135. The van der Waals surface area contributed by atoms with Gasteiger partial charge in [0, 0.05) is 24.2 Å². The van der Waals surface area contributed by atoms with Crippen LogP contribution in [0.25, 0.3) is 5.65 Å². The molecule has 0 spiro atoms. The summed E-state index contributed by atoms with van der Waals surface area (Å²) in [6, 6.07) is 0.236. The van der Waals surface area contributed by atoms with Gasteiger partial charge in [0.25, 0.3) is 5.82 Å². The van der Waals surface area contributed by atoms with Crippen molar-refractivity contribution in [2.45, 2.75) is 38.9 Å². The van der Waals surface area contributed by atoms with Gasteiger partial charge >= 0.3 is 6.18 Å². The van der Waals surface area contributed by atoms with Crippen molar-refractivity contribution in [1.29, 1.82) is 0 Å². The van der Waals surface area contributed by atoms with E-state index >= 15 is 0 Å². The number of nitrogens with zero attached hydrogens (tertiary/aromatic N) is 8. The number of hydrogen-bond acceptors (Lipinski definition) is 6. The number of aryl methyl sites for hydroxylation is 1. The molecule has 1 aliphatic rings. The lowest BCUT2D eigenvalue weighted by atomic mass is 10.0. The predicted molar refractivity (Wildman–Crippen MR) is 85.8 cm³/mol. The second kappa shape index (κ2) is 5.92. The van der Waals surface area contributed by atoms with Crippen molar-refractivity contribution in [3.05, 3.63) is 29.6 Å². The summed E-state index contributed by atoms with van der Waals surface area (Å²) in [5, 5.41) is 15.4. The monoisotopic (exact) mass is 366 g/mol. The number of alkyl halides is 3. The molecule has 1 fully saturated rings. The number of halogens is 3. The molecule has 0 amide bonds. The van der Waals surface area contributed by atoms with Gasteiger partial charge in [-0.15, -0.1) is 15.3 Å². The number of hydrogen-bond donors (Lipinski definition) is 0. The van der Waals surface area contributed by atoms with Crippen molar-refractivity contribution >= 4 is 11.5 Å². The van der Waals surface area contributed by atoms with Crippen LogP contribution in [0, 0.1) is 13.8 Å². The maximum Gasteiger partial charge on any atom is 0.453 e. The molecule has 3 aromatic heterocycles. The average molecular weight is 366 g/mol. The summed E-state index contributed by atoms with van der Waals surface area (Å²) in [4.78, 5) is 5.97. The van der Waals surface area contributed by atoms with Gasteiger partial charge in [0.1, 0.15) is 12.7 Å². The molecule has 0 N–H and O–H groups in total. The SMILES string of the molecule is Cc1c(N2CCC(n3cncn3)CC2)nn2c(C(F)(F)F)nnc2c1C. The number of aromatic nitrogens is 7. The number of fused-ring (bicyclic) bond motifs is 1. The fourth-order valence-corrected chi connectivity index (χ4v) is 3.34. The van der Waals surface area contributed by atoms with E-state index in [4.69, 9.17) is 0 Å². The summed E-state index contributed by atoms with van der Waals surface area (Å²) in [5.41, 5.74) is 1.60. The lowest BCUT2D eigenvalue weighted by molar-refractivity contribution is -0.146. The molecule has 4 rings (SSSR count). The van der Waals surface area contributed by atoms with Crippen molar-refractivity contribution in [3.63, 3.8) is 0 Å². The zero-order valence-electron chi connectivity index (χ0n) is 14.3. The molecule has 0 saturated carbocycles. The van der Waals surface area contributed by atoms with Crippen LogP contribution < -0.4 is 4.90 Å². The van der Waals surface area contributed by atoms with Crippen molar-refractivity contribution in [1.82, 2.24) is 34.6 Å². The Morgan fingerprint density at radius 3 is 2.42 bits per heavy atom. The first kappa shape index (κ1) is 16.7. The van der Waals surface area contributed by atoms with Gasteiger partial charge in [0.15, 0.2) is 11.5 Å². The summed E-state index contributed by atoms with van der Waals surface area (Å²) in [5.74, 6) is -0.563. The van der Waals surface area contributed by atoms with Crippen LogP contribution >= 0.6 is 0 Å². The van der Waals surface area contributed by atoms with Gasteiger partial charge in [-0.25, -0.2) is 9.67 Å². The van der Waals surface area contributed by atoms with Crippen LogP contribution in [0.1, 0.15) is 35.8 Å². The number of anilines is 1. The molecule has 0 radical (unpaired) electrons. The molecule has 0 atom stereocenters. The van der Waals surface area contributed by atoms with E-state index in [1.807, 2.05) is 16.5 Å². The predicted octanol–water partition coefficient (Wildman–Crippen LogP) is 2.19. The molecule has 138 valence electrons. The molecule has 0 aliphatic carbocycles. The van der Waals surface area contributed by atoms with Crippen molar-refractivity contribution < 1.29 is 13.2 Å². The normalized spacial score (nSPS) is 16.6. The molecule has 1 aliphatic heterocycles. The molecule has 0 unspecified atom stereocenters. The standard InChI is InChI=1S/C15H17F3N8/c1-9-10(2)13(23-26-12(9)21-22-14(26)15(16,17)18)24-5-3-11(4-6-24)25-8-19-7-20-25/h7-8,11H,3-6H2,1-2H3. The van der Waals surface area contributed by atoms with Crippen molar-refractivity contribution in [2.75, 3.05) is 18.0 Å². The fraction of sp³-hybridized carbons (Fsp3) is 0.533. The van der Waals surface area contributed by atoms with E-state index in [1.165, 1.54) is 6.33 Å². The quantitative estimate of drug-likeness (QED) is 0.692. The van der Waals surface area contributed by atoms with E-state index in [0.717, 1.165) is 22.9 Å². The van der Waals surface area contributed by atoms with Crippen LogP contribution in [-0.2, 0) is 6.18 Å². The molecular formula is C15H17F3N8. The highest BCUT2D eigenvalue weighted by molar-refractivity contribution is 5.59. The van der Waals surface area contributed by atoms with Gasteiger partial charge in [-0.2, -0.15) is 22.8 Å². The molecule has 0 aromatic carbocycles. The molecule has 11 heteroatoms. The van der Waals surface area contributed by atoms with E-state index in [1.54, 1.807) is 13.3 Å². The Labute approximate surface area is 146 Å². The van der Waals surface area contributed by atoms with E-state index in [-0.39, 0.29) is 11.7 Å². The smallest absolute Gasteiger partial charge is 0.355 e. The molecule has 0 bridgehead atoms.